The number of carbonyl (C=O) groups is 1. The molecule has 0 aliphatic carbocycles. The van der Waals surface area contributed by atoms with Crippen LogP contribution in [0.2, 0.25) is 0 Å². The van der Waals surface area contributed by atoms with Gasteiger partial charge in [0.05, 0.1) is 5.97 Å². The summed E-state index contributed by atoms with van der Waals surface area (Å²) < 4.78 is 39.2. The third-order valence-electron chi connectivity index (χ3n) is 1.50. The number of hydrogen-bond donors (Lipinski definition) is 0. The van der Waals surface area contributed by atoms with Gasteiger partial charge in [0.15, 0.2) is 0 Å². The topological polar surface area (TPSA) is 49.4 Å². The summed E-state index contributed by atoms with van der Waals surface area (Å²) in [5.74, 6) is -1.84. The first kappa shape index (κ1) is 12.1. The van der Waals surface area contributed by atoms with Gasteiger partial charge in [0, 0.05) is 0 Å². The first-order valence-electron chi connectivity index (χ1n) is 4.12. The molecule has 0 atom stereocenters. The Morgan fingerprint density at radius 2 is 2.06 bits per heavy atom. The van der Waals surface area contributed by atoms with Crippen LogP contribution in [0, 0.1) is 0 Å². The predicted molar refractivity (Wildman–Crippen MR) is 47.2 cm³/mol. The Kier molecular flexibility index (Phi) is 3.55. The fourth-order valence-corrected chi connectivity index (χ4v) is 0.980. The number of ether oxygens (including phenoxy) is 1. The molecule has 1 rings (SSSR count). The van der Waals surface area contributed by atoms with Crippen molar-refractivity contribution in [2.75, 3.05) is 0 Å². The van der Waals surface area contributed by atoms with Gasteiger partial charge in [-0.1, -0.05) is 18.2 Å². The Morgan fingerprint density at radius 3 is 2.62 bits per heavy atom. The quantitative estimate of drug-likeness (QED) is 0.738. The summed E-state index contributed by atoms with van der Waals surface area (Å²) in [4.78, 5) is 10.1. The van der Waals surface area contributed by atoms with E-state index in [-0.39, 0.29) is 5.56 Å². The van der Waals surface area contributed by atoms with Crippen molar-refractivity contribution in [2.45, 2.75) is 6.36 Å². The summed E-state index contributed by atoms with van der Waals surface area (Å²) in [7, 11) is 0. The van der Waals surface area contributed by atoms with Crippen molar-refractivity contribution < 1.29 is 27.8 Å². The van der Waals surface area contributed by atoms with E-state index in [0.29, 0.717) is 6.08 Å². The smallest absolute Gasteiger partial charge is 0.545 e. The van der Waals surface area contributed by atoms with E-state index < -0.39 is 18.1 Å². The van der Waals surface area contributed by atoms with E-state index in [2.05, 4.69) is 4.74 Å². The highest BCUT2D eigenvalue weighted by atomic mass is 19.4. The minimum absolute atomic E-state index is 0.269. The lowest BCUT2D eigenvalue weighted by molar-refractivity contribution is -0.297. The van der Waals surface area contributed by atoms with Crippen LogP contribution in [0.4, 0.5) is 13.2 Å². The average molecular weight is 231 g/mol. The van der Waals surface area contributed by atoms with Crippen molar-refractivity contribution in [3.8, 4) is 5.75 Å². The number of alkyl halides is 3. The van der Waals surface area contributed by atoms with Crippen LogP contribution in [0.5, 0.6) is 5.75 Å². The van der Waals surface area contributed by atoms with Gasteiger partial charge in [-0.15, -0.1) is 13.2 Å². The zero-order valence-electron chi connectivity index (χ0n) is 7.82. The molecule has 0 heterocycles. The highest BCUT2D eigenvalue weighted by molar-refractivity contribution is 5.83. The maximum absolute atomic E-state index is 11.8. The van der Waals surface area contributed by atoms with E-state index in [9.17, 15) is 23.1 Å². The molecule has 0 aliphatic rings. The second kappa shape index (κ2) is 4.69. The molecule has 0 radical (unpaired) electrons. The van der Waals surface area contributed by atoms with Crippen LogP contribution in [-0.4, -0.2) is 12.3 Å². The number of hydrogen-bond acceptors (Lipinski definition) is 3. The lowest BCUT2D eigenvalue weighted by Gasteiger charge is -2.08. The van der Waals surface area contributed by atoms with E-state index in [1.54, 1.807) is 0 Å². The molecule has 6 heteroatoms. The highest BCUT2D eigenvalue weighted by Crippen LogP contribution is 2.23. The fraction of sp³-hybridized carbons (Fsp3) is 0.100. The van der Waals surface area contributed by atoms with Crippen molar-refractivity contribution in [1.29, 1.82) is 0 Å². The van der Waals surface area contributed by atoms with Crippen molar-refractivity contribution in [1.82, 2.24) is 0 Å². The van der Waals surface area contributed by atoms with Gasteiger partial charge in [-0.2, -0.15) is 0 Å². The first-order valence-corrected chi connectivity index (χ1v) is 4.12. The van der Waals surface area contributed by atoms with Gasteiger partial charge < -0.3 is 14.6 Å². The van der Waals surface area contributed by atoms with Crippen LogP contribution in [-0.2, 0) is 4.79 Å². The largest absolute Gasteiger partial charge is 0.573 e. The molecule has 0 amide bonds. The van der Waals surface area contributed by atoms with Crippen molar-refractivity contribution in [3.63, 3.8) is 0 Å². The molecule has 0 saturated heterocycles. The van der Waals surface area contributed by atoms with Crippen molar-refractivity contribution in [2.24, 2.45) is 0 Å². The van der Waals surface area contributed by atoms with Crippen molar-refractivity contribution >= 4 is 12.0 Å². The van der Waals surface area contributed by atoms with Gasteiger partial charge in [-0.25, -0.2) is 0 Å². The molecule has 1 aromatic carbocycles. The minimum Gasteiger partial charge on any atom is -0.545 e. The Labute approximate surface area is 88.8 Å². The lowest BCUT2D eigenvalue weighted by atomic mass is 10.2. The maximum Gasteiger partial charge on any atom is 0.573 e. The summed E-state index contributed by atoms with van der Waals surface area (Å²) >= 11 is 0. The van der Waals surface area contributed by atoms with Crippen LogP contribution in [0.25, 0.3) is 6.08 Å². The van der Waals surface area contributed by atoms with Gasteiger partial charge in [0.2, 0.25) is 0 Å². The molecule has 0 saturated carbocycles. The molecule has 86 valence electrons. The van der Waals surface area contributed by atoms with Crippen LogP contribution < -0.4 is 9.84 Å². The van der Waals surface area contributed by atoms with Gasteiger partial charge >= 0.3 is 6.36 Å². The summed E-state index contributed by atoms with van der Waals surface area (Å²) in [6, 6.07) is 4.93. The van der Waals surface area contributed by atoms with E-state index >= 15 is 0 Å². The Bertz CT molecular complexity index is 410. The first-order chi connectivity index (χ1) is 7.37. The summed E-state index contributed by atoms with van der Waals surface area (Å²) in [5.41, 5.74) is 0.269. The molecule has 0 fully saturated rings. The van der Waals surface area contributed by atoms with E-state index in [4.69, 9.17) is 0 Å². The van der Waals surface area contributed by atoms with E-state index in [0.717, 1.165) is 18.2 Å². The van der Waals surface area contributed by atoms with Gasteiger partial charge in [-0.3, -0.25) is 0 Å². The summed E-state index contributed by atoms with van der Waals surface area (Å²) in [6.45, 7) is 0. The summed E-state index contributed by atoms with van der Waals surface area (Å²) in [6.07, 6.45) is -2.94. The molecular formula is C10H6F3O3-. The van der Waals surface area contributed by atoms with Crippen LogP contribution in [0.3, 0.4) is 0 Å². The number of carboxylic acid groups (broad SMARTS) is 1. The molecule has 0 aliphatic heterocycles. The zero-order chi connectivity index (χ0) is 12.2. The van der Waals surface area contributed by atoms with Crippen LogP contribution in [0.1, 0.15) is 5.56 Å². The number of benzene rings is 1. The maximum atomic E-state index is 11.8. The molecule has 3 nitrogen and oxygen atoms in total. The highest BCUT2D eigenvalue weighted by Gasteiger charge is 2.30. The van der Waals surface area contributed by atoms with Gasteiger partial charge in [-0.05, 0) is 23.8 Å². The second-order valence-electron chi connectivity index (χ2n) is 2.77. The number of halogens is 3. The molecule has 16 heavy (non-hydrogen) atoms. The predicted octanol–water partition coefficient (Wildman–Crippen LogP) is 1.35. The normalized spacial score (nSPS) is 11.7. The van der Waals surface area contributed by atoms with E-state index in [1.165, 1.54) is 12.1 Å². The van der Waals surface area contributed by atoms with Crippen LogP contribution >= 0.6 is 0 Å². The number of aliphatic carboxylic acids is 1. The third kappa shape index (κ3) is 4.50. The average Bonchev–Trinajstić information content (AvgIpc) is 2.12. The third-order valence-corrected chi connectivity index (χ3v) is 1.50. The standard InChI is InChI=1S/C10H7F3O3/c11-10(12,13)16-8-3-1-2-7(6-8)4-5-9(14)15/h1-6H,(H,14,15)/p-1. The van der Waals surface area contributed by atoms with Crippen LogP contribution in [0.15, 0.2) is 30.3 Å². The summed E-state index contributed by atoms with van der Waals surface area (Å²) in [5, 5.41) is 10.1. The molecule has 0 N–H and O–H groups in total. The molecule has 0 aromatic heterocycles. The molecular weight excluding hydrogens is 225 g/mol. The van der Waals surface area contributed by atoms with Gasteiger partial charge in [0.1, 0.15) is 5.75 Å². The number of carboxylic acids is 1. The molecule has 0 bridgehead atoms. The van der Waals surface area contributed by atoms with Gasteiger partial charge in [0.25, 0.3) is 0 Å². The number of rotatable bonds is 3. The number of carbonyl (C=O) groups excluding carboxylic acids is 1. The Morgan fingerprint density at radius 1 is 1.38 bits per heavy atom. The fourth-order valence-electron chi connectivity index (χ4n) is 0.980. The molecule has 0 unspecified atom stereocenters. The minimum atomic E-state index is -4.77. The molecule has 1 aromatic rings. The lowest BCUT2D eigenvalue weighted by Crippen LogP contribution is -2.18. The SMILES string of the molecule is O=C([O-])C=Cc1cccc(OC(F)(F)F)c1. The Balaban J connectivity index is 2.83. The molecule has 0 spiro atoms. The van der Waals surface area contributed by atoms with Crippen molar-refractivity contribution in [3.05, 3.63) is 35.9 Å². The second-order valence-corrected chi connectivity index (χ2v) is 2.77. The Hall–Kier alpha value is -1.98. The monoisotopic (exact) mass is 231 g/mol. The van der Waals surface area contributed by atoms with E-state index in [1.807, 2.05) is 0 Å². The zero-order valence-corrected chi connectivity index (χ0v) is 7.82.